The fourth-order valence-electron chi connectivity index (χ4n) is 5.15. The first-order chi connectivity index (χ1) is 22.9. The van der Waals surface area contributed by atoms with Crippen LogP contribution in [0.1, 0.15) is 59.8 Å². The van der Waals surface area contributed by atoms with Gasteiger partial charge in [-0.25, -0.2) is 0 Å². The molecule has 0 radical (unpaired) electrons. The second-order valence-corrected chi connectivity index (χ2v) is 14.0. The third-order valence-electron chi connectivity index (χ3n) is 7.11. The molecule has 0 saturated heterocycles. The molecule has 0 bridgehead atoms. The third kappa shape index (κ3) is 13.4. The molecule has 0 aliphatic heterocycles. The third-order valence-corrected chi connectivity index (χ3v) is 9.08. The van der Waals surface area contributed by atoms with E-state index in [0.29, 0.717) is 31.2 Å². The summed E-state index contributed by atoms with van der Waals surface area (Å²) in [6.45, 7) is 3.96. The van der Waals surface area contributed by atoms with Gasteiger partial charge in [0.2, 0.25) is 0 Å². The molecule has 4 rings (SSSR count). The van der Waals surface area contributed by atoms with Crippen LogP contribution >= 0.6 is 63.7 Å². The average molecular weight is 968 g/mol. The number of carboxylic acid groups (broad SMARTS) is 2. The summed E-state index contributed by atoms with van der Waals surface area (Å²) in [6, 6.07) is 28.1. The van der Waals surface area contributed by atoms with E-state index in [1.165, 1.54) is 0 Å². The summed E-state index contributed by atoms with van der Waals surface area (Å²) in [6.07, 6.45) is 0. The smallest absolute Gasteiger partial charge is 0.870 e. The second-order valence-electron chi connectivity index (χ2n) is 10.3. The first-order valence-electron chi connectivity index (χ1n) is 14.7. The molecular weight excluding hydrogens is 935 g/mol. The van der Waals surface area contributed by atoms with Crippen molar-refractivity contribution in [1.29, 1.82) is 0 Å². The topological polar surface area (TPSA) is 157 Å². The van der Waals surface area contributed by atoms with Gasteiger partial charge in [0, 0.05) is 17.9 Å². The molecule has 0 saturated carbocycles. The van der Waals surface area contributed by atoms with Gasteiger partial charge < -0.3 is 25.2 Å². The number of carbonyl (C=O) groups excluding carboxylic acids is 2. The molecule has 0 fully saturated rings. The zero-order valence-corrected chi connectivity index (χ0v) is 36.7. The first-order valence-corrected chi connectivity index (χ1v) is 17.9. The zero-order valence-electron chi connectivity index (χ0n) is 27.3. The summed E-state index contributed by atoms with van der Waals surface area (Å²) in [5.74, 6) is -7.22. The molecule has 9 nitrogen and oxygen atoms in total. The molecular formula is C36H33Br4KO9. The van der Waals surface area contributed by atoms with Crippen molar-refractivity contribution in [1.82, 2.24) is 0 Å². The number of hydrogen-bond acceptors (Lipinski definition) is 7. The number of aliphatic carboxylic acids is 2. The Hall–Kier alpha value is -1.72. The monoisotopic (exact) mass is 964 g/mol. The number of ether oxygens (including phenoxy) is 2. The van der Waals surface area contributed by atoms with E-state index in [-0.39, 0.29) is 70.1 Å². The van der Waals surface area contributed by atoms with Gasteiger partial charge in [-0.15, -0.1) is 0 Å². The van der Waals surface area contributed by atoms with Crippen molar-refractivity contribution in [3.63, 3.8) is 0 Å². The normalized spacial score (nSPS) is 12.6. The maximum Gasteiger partial charge on any atom is 1.00 e. The predicted molar refractivity (Wildman–Crippen MR) is 198 cm³/mol. The molecule has 0 amide bonds. The van der Waals surface area contributed by atoms with E-state index in [1.807, 2.05) is 48.5 Å². The van der Waals surface area contributed by atoms with Crippen LogP contribution < -0.4 is 51.4 Å². The Kier molecular flexibility index (Phi) is 21.3. The number of benzene rings is 4. The van der Waals surface area contributed by atoms with Gasteiger partial charge in [0.15, 0.2) is 0 Å². The van der Waals surface area contributed by atoms with Crippen molar-refractivity contribution >= 4 is 87.6 Å². The number of halogens is 4. The molecule has 260 valence electrons. The molecule has 14 heteroatoms. The predicted octanol–water partition coefficient (Wildman–Crippen LogP) is 6.28. The van der Waals surface area contributed by atoms with Gasteiger partial charge in [0.25, 0.3) is 0 Å². The molecule has 4 atom stereocenters. The van der Waals surface area contributed by atoms with E-state index in [2.05, 4.69) is 63.7 Å². The minimum absolute atomic E-state index is 0. The summed E-state index contributed by atoms with van der Waals surface area (Å²) >= 11 is 13.4. The van der Waals surface area contributed by atoms with E-state index >= 15 is 0 Å². The Morgan fingerprint density at radius 1 is 0.520 bits per heavy atom. The van der Waals surface area contributed by atoms with Crippen LogP contribution in [0.2, 0.25) is 0 Å². The standard InChI is InChI=1S/C20H20Br2O4.C16H12Br2O4.K.H2O/c1-3-25-19(23)17(13-7-5-9-15(21)11-13)18(20(24)26-4-2)14-8-6-10-16(22)12-14;17-11-5-1-3-9(7-11)13(15(19)20)14(16(21)22)10-4-2-6-12(18)8-10;;/h5-12,17-18H,3-4H2,1-2H3;1-8,13-14H,(H,19,20)(H,21,22);;1H2/q;;+1;/p-1. The molecule has 4 unspecified atom stereocenters. The van der Waals surface area contributed by atoms with Gasteiger partial charge in [-0.2, -0.15) is 0 Å². The number of hydrogen-bond donors (Lipinski definition) is 2. The molecule has 50 heavy (non-hydrogen) atoms. The minimum atomic E-state index is -1.18. The van der Waals surface area contributed by atoms with Crippen molar-refractivity contribution in [2.24, 2.45) is 0 Å². The molecule has 0 aliphatic carbocycles. The van der Waals surface area contributed by atoms with Crippen LogP contribution in [0.4, 0.5) is 0 Å². The van der Waals surface area contributed by atoms with Crippen molar-refractivity contribution in [2.45, 2.75) is 37.5 Å². The SMILES string of the molecule is CCOC(=O)C(c1cccc(Br)c1)C(C(=O)OCC)c1cccc(Br)c1.O=C(O)C(c1cccc(Br)c1)C(C(=O)O)c1cccc(Br)c1.[K+].[OH-]. The summed E-state index contributed by atoms with van der Waals surface area (Å²) in [4.78, 5) is 49.1. The largest absolute Gasteiger partial charge is 1.00 e. The van der Waals surface area contributed by atoms with Gasteiger partial charge in [-0.3, -0.25) is 19.2 Å². The Balaban J connectivity index is 0.000000487. The summed E-state index contributed by atoms with van der Waals surface area (Å²) in [5.41, 5.74) is 2.26. The van der Waals surface area contributed by atoms with Gasteiger partial charge in [0.05, 0.1) is 36.9 Å². The van der Waals surface area contributed by atoms with Crippen LogP contribution in [0.15, 0.2) is 115 Å². The quantitative estimate of drug-likeness (QED) is 0.123. The maximum absolute atomic E-state index is 12.8. The Morgan fingerprint density at radius 2 is 0.760 bits per heavy atom. The summed E-state index contributed by atoms with van der Waals surface area (Å²) in [7, 11) is 0. The number of rotatable bonds is 12. The van der Waals surface area contributed by atoms with Crippen molar-refractivity contribution < 1.29 is 95.7 Å². The Bertz CT molecular complexity index is 1630. The van der Waals surface area contributed by atoms with Crippen LogP contribution in [-0.2, 0) is 28.7 Å². The Morgan fingerprint density at radius 3 is 0.960 bits per heavy atom. The van der Waals surface area contributed by atoms with Gasteiger partial charge in [-0.05, 0) is 84.6 Å². The number of carboxylic acids is 2. The minimum Gasteiger partial charge on any atom is -0.870 e. The van der Waals surface area contributed by atoms with Crippen LogP contribution in [0.25, 0.3) is 0 Å². The van der Waals surface area contributed by atoms with Crippen LogP contribution in [0.3, 0.4) is 0 Å². The number of esters is 2. The molecule has 0 aromatic heterocycles. The fraction of sp³-hybridized carbons (Fsp3) is 0.222. The molecule has 4 aromatic rings. The Labute approximate surface area is 366 Å². The van der Waals surface area contributed by atoms with Crippen LogP contribution in [0, 0.1) is 0 Å². The number of carbonyl (C=O) groups is 4. The molecule has 0 spiro atoms. The van der Waals surface area contributed by atoms with E-state index in [1.54, 1.807) is 62.4 Å². The van der Waals surface area contributed by atoms with Crippen LogP contribution in [0.5, 0.6) is 0 Å². The molecule has 0 heterocycles. The van der Waals surface area contributed by atoms with E-state index in [4.69, 9.17) is 9.47 Å². The van der Waals surface area contributed by atoms with Gasteiger partial charge in [0.1, 0.15) is 0 Å². The molecule has 4 aromatic carbocycles. The molecule has 3 N–H and O–H groups in total. The van der Waals surface area contributed by atoms with Gasteiger partial charge >= 0.3 is 75.3 Å². The van der Waals surface area contributed by atoms with Crippen molar-refractivity contribution in [2.75, 3.05) is 13.2 Å². The maximum atomic E-state index is 12.8. The van der Waals surface area contributed by atoms with E-state index in [9.17, 15) is 29.4 Å². The average Bonchev–Trinajstić information content (AvgIpc) is 3.02. The molecule has 0 aliphatic rings. The van der Waals surface area contributed by atoms with Crippen molar-refractivity contribution in [3.8, 4) is 0 Å². The second kappa shape index (κ2) is 23.0. The van der Waals surface area contributed by atoms with E-state index < -0.39 is 47.5 Å². The zero-order chi connectivity index (χ0) is 35.4. The summed E-state index contributed by atoms with van der Waals surface area (Å²) < 4.78 is 13.6. The van der Waals surface area contributed by atoms with Crippen LogP contribution in [-0.4, -0.2) is 52.8 Å². The van der Waals surface area contributed by atoms with E-state index in [0.717, 1.165) is 8.95 Å². The first kappa shape index (κ1) is 46.3. The van der Waals surface area contributed by atoms with Crippen molar-refractivity contribution in [3.05, 3.63) is 137 Å². The van der Waals surface area contributed by atoms with Gasteiger partial charge in [-0.1, -0.05) is 112 Å². The summed E-state index contributed by atoms with van der Waals surface area (Å²) in [5, 5.41) is 19.2. The fourth-order valence-corrected chi connectivity index (χ4v) is 6.82.